The lowest BCUT2D eigenvalue weighted by Crippen LogP contribution is -1.92. The van der Waals surface area contributed by atoms with E-state index in [2.05, 4.69) is 4.98 Å². The Bertz CT molecular complexity index is 473. The van der Waals surface area contributed by atoms with Crippen molar-refractivity contribution in [2.24, 2.45) is 0 Å². The normalized spacial score (nSPS) is 10.6. The number of ether oxygens (including phenoxy) is 1. The summed E-state index contributed by atoms with van der Waals surface area (Å²) in [4.78, 5) is 4.96. The summed E-state index contributed by atoms with van der Waals surface area (Å²) in [5.41, 5.74) is 1.06. The molecular weight excluding hydrogens is 265 g/mol. The summed E-state index contributed by atoms with van der Waals surface area (Å²) in [6, 6.07) is 7.62. The fourth-order valence-electron chi connectivity index (χ4n) is 1.25. The molecular formula is C11H9Cl2NOS. The lowest BCUT2D eigenvalue weighted by molar-refractivity contribution is 0.109. The Balaban J connectivity index is 1.84. The number of halogens is 2. The maximum absolute atomic E-state index is 5.86. The second kappa shape index (κ2) is 5.64. The van der Waals surface area contributed by atoms with Crippen LogP contribution in [0.25, 0.3) is 0 Å². The van der Waals surface area contributed by atoms with E-state index in [1.165, 1.54) is 11.3 Å². The van der Waals surface area contributed by atoms with Gasteiger partial charge < -0.3 is 4.74 Å². The summed E-state index contributed by atoms with van der Waals surface area (Å²) in [7, 11) is 0. The van der Waals surface area contributed by atoms with Crippen LogP contribution in [0.3, 0.4) is 0 Å². The van der Waals surface area contributed by atoms with Gasteiger partial charge in [-0.25, -0.2) is 4.98 Å². The maximum atomic E-state index is 5.86. The fraction of sp³-hybridized carbons (Fsp3) is 0.182. The maximum Gasteiger partial charge on any atom is 0.183 e. The topological polar surface area (TPSA) is 22.1 Å². The highest BCUT2D eigenvalue weighted by molar-refractivity contribution is 7.15. The minimum atomic E-state index is 0.525. The Hall–Kier alpha value is -0.610. The van der Waals surface area contributed by atoms with Gasteiger partial charge in [-0.15, -0.1) is 11.3 Å². The summed E-state index contributed by atoms with van der Waals surface area (Å²) in [6.07, 6.45) is 1.73. The molecule has 0 N–H and O–H groups in total. The molecule has 1 aromatic carbocycles. The van der Waals surface area contributed by atoms with Gasteiger partial charge in [0, 0.05) is 11.2 Å². The van der Waals surface area contributed by atoms with Gasteiger partial charge in [0.05, 0.1) is 18.1 Å². The van der Waals surface area contributed by atoms with Gasteiger partial charge in [0.2, 0.25) is 0 Å². The van der Waals surface area contributed by atoms with Crippen molar-refractivity contribution in [2.75, 3.05) is 0 Å². The molecule has 2 aromatic rings. The molecule has 0 bridgehead atoms. The Morgan fingerprint density at radius 3 is 2.81 bits per heavy atom. The van der Waals surface area contributed by atoms with Crippen LogP contribution in [0.2, 0.25) is 9.49 Å². The van der Waals surface area contributed by atoms with Gasteiger partial charge in [-0.05, 0) is 17.7 Å². The van der Waals surface area contributed by atoms with Crippen molar-refractivity contribution in [2.45, 2.75) is 13.2 Å². The number of hydrogen-bond donors (Lipinski definition) is 0. The molecule has 0 saturated heterocycles. The quantitative estimate of drug-likeness (QED) is 0.834. The molecule has 16 heavy (non-hydrogen) atoms. The van der Waals surface area contributed by atoms with E-state index in [1.54, 1.807) is 6.20 Å². The molecule has 84 valence electrons. The summed E-state index contributed by atoms with van der Waals surface area (Å²) >= 11 is 13.0. The third-order valence-corrected chi connectivity index (χ3v) is 3.25. The zero-order chi connectivity index (χ0) is 11.4. The molecule has 5 heteroatoms. The van der Waals surface area contributed by atoms with Gasteiger partial charge >= 0.3 is 0 Å². The van der Waals surface area contributed by atoms with Crippen molar-refractivity contribution >= 4 is 34.5 Å². The van der Waals surface area contributed by atoms with Crippen LogP contribution in [0.1, 0.15) is 10.4 Å². The van der Waals surface area contributed by atoms with E-state index in [0.29, 0.717) is 17.7 Å². The summed E-state index contributed by atoms with van der Waals surface area (Å²) < 4.78 is 6.07. The summed E-state index contributed by atoms with van der Waals surface area (Å²) in [5.74, 6) is 0. The van der Waals surface area contributed by atoms with E-state index in [4.69, 9.17) is 27.9 Å². The Labute approximate surface area is 108 Å². The molecule has 2 nitrogen and oxygen atoms in total. The Morgan fingerprint density at radius 1 is 1.25 bits per heavy atom. The van der Waals surface area contributed by atoms with Crippen molar-refractivity contribution < 1.29 is 4.74 Å². The molecule has 2 rings (SSSR count). The van der Waals surface area contributed by atoms with Crippen LogP contribution >= 0.6 is 34.5 Å². The molecule has 0 fully saturated rings. The van der Waals surface area contributed by atoms with Crippen LogP contribution in [-0.4, -0.2) is 4.98 Å². The zero-order valence-corrected chi connectivity index (χ0v) is 10.6. The molecule has 1 aromatic heterocycles. The molecule has 0 radical (unpaired) electrons. The average Bonchev–Trinajstić information content (AvgIpc) is 2.64. The Morgan fingerprint density at radius 2 is 2.12 bits per heavy atom. The van der Waals surface area contributed by atoms with Gasteiger partial charge in [-0.3, -0.25) is 0 Å². The highest BCUT2D eigenvalue weighted by atomic mass is 35.5. The molecule has 0 aliphatic heterocycles. The zero-order valence-electron chi connectivity index (χ0n) is 8.32. The highest BCUT2D eigenvalue weighted by Gasteiger charge is 2.00. The lowest BCUT2D eigenvalue weighted by Gasteiger charge is -2.02. The number of thiazole rings is 1. The molecule has 0 saturated carbocycles. The Kier molecular flexibility index (Phi) is 4.18. The molecule has 0 amide bonds. The molecule has 0 unspecified atom stereocenters. The SMILES string of the molecule is Clc1cccc(COCc2cnc(Cl)s2)c1. The molecule has 1 heterocycles. The first kappa shape index (κ1) is 11.9. The number of hydrogen-bond acceptors (Lipinski definition) is 3. The number of aromatic nitrogens is 1. The summed E-state index contributed by atoms with van der Waals surface area (Å²) in [6.45, 7) is 1.06. The molecule has 0 aliphatic carbocycles. The van der Waals surface area contributed by atoms with Crippen LogP contribution in [0.5, 0.6) is 0 Å². The van der Waals surface area contributed by atoms with Crippen LogP contribution in [0, 0.1) is 0 Å². The highest BCUT2D eigenvalue weighted by Crippen LogP contribution is 2.19. The van der Waals surface area contributed by atoms with E-state index in [0.717, 1.165) is 15.5 Å². The van der Waals surface area contributed by atoms with Crippen LogP contribution in [0.15, 0.2) is 30.5 Å². The number of nitrogens with zero attached hydrogens (tertiary/aromatic N) is 1. The van der Waals surface area contributed by atoms with Crippen molar-refractivity contribution in [3.05, 3.63) is 50.4 Å². The van der Waals surface area contributed by atoms with Gasteiger partial charge in [-0.1, -0.05) is 35.3 Å². The average molecular weight is 274 g/mol. The van der Waals surface area contributed by atoms with Crippen molar-refractivity contribution in [3.63, 3.8) is 0 Å². The van der Waals surface area contributed by atoms with Crippen molar-refractivity contribution in [1.29, 1.82) is 0 Å². The lowest BCUT2D eigenvalue weighted by atomic mass is 10.2. The van der Waals surface area contributed by atoms with Gasteiger partial charge in [0.1, 0.15) is 0 Å². The first-order valence-corrected chi connectivity index (χ1v) is 6.23. The largest absolute Gasteiger partial charge is 0.371 e. The molecule has 0 atom stereocenters. The van der Waals surface area contributed by atoms with E-state index >= 15 is 0 Å². The second-order valence-corrected chi connectivity index (χ2v) is 5.34. The third-order valence-electron chi connectivity index (χ3n) is 1.93. The standard InChI is InChI=1S/C11H9Cl2NOS/c12-9-3-1-2-8(4-9)6-15-7-10-5-14-11(13)16-10/h1-5H,6-7H2. The smallest absolute Gasteiger partial charge is 0.183 e. The number of benzene rings is 1. The van der Waals surface area contributed by atoms with Gasteiger partial charge in [-0.2, -0.15) is 0 Å². The molecule has 0 aliphatic rings. The van der Waals surface area contributed by atoms with Gasteiger partial charge in [0.25, 0.3) is 0 Å². The van der Waals surface area contributed by atoms with Crippen LogP contribution in [0.4, 0.5) is 0 Å². The predicted molar refractivity (Wildman–Crippen MR) is 67.1 cm³/mol. The van der Waals surface area contributed by atoms with E-state index in [9.17, 15) is 0 Å². The third kappa shape index (κ3) is 3.46. The predicted octanol–water partition coefficient (Wildman–Crippen LogP) is 4.17. The second-order valence-electron chi connectivity index (χ2n) is 3.20. The minimum Gasteiger partial charge on any atom is -0.371 e. The monoisotopic (exact) mass is 273 g/mol. The summed E-state index contributed by atoms with van der Waals surface area (Å²) in [5, 5.41) is 0.724. The number of rotatable bonds is 4. The van der Waals surface area contributed by atoms with E-state index in [1.807, 2.05) is 24.3 Å². The minimum absolute atomic E-state index is 0.525. The van der Waals surface area contributed by atoms with Crippen molar-refractivity contribution in [1.82, 2.24) is 4.98 Å². The fourth-order valence-corrected chi connectivity index (χ4v) is 2.37. The van der Waals surface area contributed by atoms with E-state index in [-0.39, 0.29) is 0 Å². The van der Waals surface area contributed by atoms with Gasteiger partial charge in [0.15, 0.2) is 4.47 Å². The molecule has 0 spiro atoms. The first-order valence-electron chi connectivity index (χ1n) is 4.66. The first-order chi connectivity index (χ1) is 7.74. The van der Waals surface area contributed by atoms with E-state index < -0.39 is 0 Å². The van der Waals surface area contributed by atoms with Crippen molar-refractivity contribution in [3.8, 4) is 0 Å². The van der Waals surface area contributed by atoms with Crippen LogP contribution in [-0.2, 0) is 18.0 Å². The van der Waals surface area contributed by atoms with Crippen LogP contribution < -0.4 is 0 Å².